The molecule has 1 rings (SSSR count). The van der Waals surface area contributed by atoms with Crippen LogP contribution in [-0.2, 0) is 0 Å². The van der Waals surface area contributed by atoms with Crippen molar-refractivity contribution in [1.82, 2.24) is 10.2 Å². The van der Waals surface area contributed by atoms with Crippen LogP contribution in [0.4, 0.5) is 4.79 Å². The monoisotopic (exact) mass is 200 g/mol. The van der Waals surface area contributed by atoms with Gasteiger partial charge < -0.3 is 15.3 Å². The number of hydrogen-bond donors (Lipinski definition) is 2. The molecule has 0 aromatic carbocycles. The summed E-state index contributed by atoms with van der Waals surface area (Å²) >= 11 is 0. The summed E-state index contributed by atoms with van der Waals surface area (Å²) in [5.74, 6) is 0.189. The molecule has 14 heavy (non-hydrogen) atoms. The molecule has 0 aromatic heterocycles. The summed E-state index contributed by atoms with van der Waals surface area (Å²) in [7, 11) is 0. The van der Waals surface area contributed by atoms with Crippen LogP contribution in [0.5, 0.6) is 0 Å². The number of nitrogens with one attached hydrogen (secondary N) is 1. The molecule has 1 unspecified atom stereocenters. The van der Waals surface area contributed by atoms with Gasteiger partial charge in [0.25, 0.3) is 0 Å². The topological polar surface area (TPSA) is 52.6 Å². The van der Waals surface area contributed by atoms with Crippen molar-refractivity contribution in [2.45, 2.75) is 32.8 Å². The zero-order chi connectivity index (χ0) is 10.6. The van der Waals surface area contributed by atoms with Gasteiger partial charge in [0.2, 0.25) is 0 Å². The standard InChI is InChI=1S/C10H20N2O2/c1-8(2)9(13)7-11-10(14)12-5-3-4-6-12/h8-9,13H,3-7H2,1-2H3,(H,11,14). The van der Waals surface area contributed by atoms with Crippen LogP contribution >= 0.6 is 0 Å². The highest BCUT2D eigenvalue weighted by molar-refractivity contribution is 5.74. The van der Waals surface area contributed by atoms with E-state index in [-0.39, 0.29) is 11.9 Å². The Bertz CT molecular complexity index is 189. The maximum Gasteiger partial charge on any atom is 0.317 e. The molecule has 0 saturated carbocycles. The van der Waals surface area contributed by atoms with Crippen LogP contribution in [0, 0.1) is 5.92 Å². The Labute approximate surface area is 85.3 Å². The summed E-state index contributed by atoms with van der Waals surface area (Å²) in [5, 5.41) is 12.2. The lowest BCUT2D eigenvalue weighted by atomic mass is 10.1. The van der Waals surface area contributed by atoms with E-state index in [1.807, 2.05) is 13.8 Å². The van der Waals surface area contributed by atoms with Crippen LogP contribution in [0.25, 0.3) is 0 Å². The molecule has 1 heterocycles. The van der Waals surface area contributed by atoms with Crippen molar-refractivity contribution in [3.63, 3.8) is 0 Å². The molecule has 2 amide bonds. The van der Waals surface area contributed by atoms with Crippen molar-refractivity contribution in [2.75, 3.05) is 19.6 Å². The Kier molecular flexibility index (Phi) is 4.20. The summed E-state index contributed by atoms with van der Waals surface area (Å²) < 4.78 is 0. The molecular weight excluding hydrogens is 180 g/mol. The first-order valence-corrected chi connectivity index (χ1v) is 5.32. The molecule has 82 valence electrons. The Morgan fingerprint density at radius 2 is 2.00 bits per heavy atom. The average molecular weight is 200 g/mol. The summed E-state index contributed by atoms with van der Waals surface area (Å²) in [4.78, 5) is 13.3. The molecule has 1 aliphatic rings. The largest absolute Gasteiger partial charge is 0.391 e. The van der Waals surface area contributed by atoms with E-state index >= 15 is 0 Å². The van der Waals surface area contributed by atoms with Gasteiger partial charge in [0.15, 0.2) is 0 Å². The first kappa shape index (κ1) is 11.3. The van der Waals surface area contributed by atoms with Crippen molar-refractivity contribution >= 4 is 6.03 Å². The molecule has 0 aromatic rings. The number of carbonyl (C=O) groups excluding carboxylic acids is 1. The third-order valence-corrected chi connectivity index (χ3v) is 2.63. The van der Waals surface area contributed by atoms with Gasteiger partial charge in [-0.3, -0.25) is 0 Å². The van der Waals surface area contributed by atoms with E-state index in [2.05, 4.69) is 5.32 Å². The van der Waals surface area contributed by atoms with Crippen LogP contribution in [0.2, 0.25) is 0 Å². The van der Waals surface area contributed by atoms with Crippen LogP contribution < -0.4 is 5.32 Å². The third-order valence-electron chi connectivity index (χ3n) is 2.63. The van der Waals surface area contributed by atoms with Crippen LogP contribution in [0.15, 0.2) is 0 Å². The van der Waals surface area contributed by atoms with Gasteiger partial charge >= 0.3 is 6.03 Å². The fourth-order valence-electron chi connectivity index (χ4n) is 1.46. The van der Waals surface area contributed by atoms with Crippen molar-refractivity contribution in [3.05, 3.63) is 0 Å². The van der Waals surface area contributed by atoms with Crippen LogP contribution in [-0.4, -0.2) is 41.8 Å². The smallest absolute Gasteiger partial charge is 0.317 e. The maximum absolute atomic E-state index is 11.5. The molecule has 4 heteroatoms. The molecular formula is C10H20N2O2. The minimum absolute atomic E-state index is 0.0396. The van der Waals surface area contributed by atoms with Crippen molar-refractivity contribution < 1.29 is 9.90 Å². The number of carbonyl (C=O) groups is 1. The number of urea groups is 1. The predicted molar refractivity (Wildman–Crippen MR) is 55.1 cm³/mol. The Balaban J connectivity index is 2.20. The van der Waals surface area contributed by atoms with Gasteiger partial charge in [-0.2, -0.15) is 0 Å². The molecule has 1 fully saturated rings. The first-order chi connectivity index (χ1) is 6.61. The van der Waals surface area contributed by atoms with Gasteiger partial charge in [-0.25, -0.2) is 4.79 Å². The summed E-state index contributed by atoms with van der Waals surface area (Å²) in [6.07, 6.45) is 1.75. The average Bonchev–Trinajstić information content (AvgIpc) is 2.66. The summed E-state index contributed by atoms with van der Waals surface area (Å²) in [6, 6.07) is -0.0396. The second kappa shape index (κ2) is 5.20. The lowest BCUT2D eigenvalue weighted by molar-refractivity contribution is 0.122. The fourth-order valence-corrected chi connectivity index (χ4v) is 1.46. The molecule has 0 bridgehead atoms. The predicted octanol–water partition coefficient (Wildman–Crippen LogP) is 0.809. The van der Waals surface area contributed by atoms with Gasteiger partial charge in [0.1, 0.15) is 0 Å². The highest BCUT2D eigenvalue weighted by atomic mass is 16.3. The fraction of sp³-hybridized carbons (Fsp3) is 0.900. The highest BCUT2D eigenvalue weighted by Crippen LogP contribution is 2.07. The number of likely N-dealkylation sites (tertiary alicyclic amines) is 1. The third kappa shape index (κ3) is 3.18. The maximum atomic E-state index is 11.5. The molecule has 1 saturated heterocycles. The van der Waals surface area contributed by atoms with Gasteiger partial charge in [0.05, 0.1) is 6.10 Å². The van der Waals surface area contributed by atoms with E-state index in [0.717, 1.165) is 25.9 Å². The summed E-state index contributed by atoms with van der Waals surface area (Å²) in [6.45, 7) is 5.93. The lowest BCUT2D eigenvalue weighted by Gasteiger charge is -2.19. The number of aliphatic hydroxyl groups excluding tert-OH is 1. The van der Waals surface area contributed by atoms with Crippen LogP contribution in [0.1, 0.15) is 26.7 Å². The SMILES string of the molecule is CC(C)C(O)CNC(=O)N1CCCC1. The molecule has 0 spiro atoms. The minimum atomic E-state index is -0.443. The van der Waals surface area contributed by atoms with Crippen LogP contribution in [0.3, 0.4) is 0 Å². The van der Waals surface area contributed by atoms with E-state index in [0.29, 0.717) is 6.54 Å². The molecule has 1 atom stereocenters. The van der Waals surface area contributed by atoms with E-state index in [1.54, 1.807) is 4.90 Å². The molecule has 0 radical (unpaired) electrons. The zero-order valence-corrected chi connectivity index (χ0v) is 8.99. The van der Waals surface area contributed by atoms with Gasteiger partial charge in [-0.15, -0.1) is 0 Å². The quantitative estimate of drug-likeness (QED) is 0.708. The second-order valence-electron chi connectivity index (χ2n) is 4.19. The van der Waals surface area contributed by atoms with Gasteiger partial charge in [-0.1, -0.05) is 13.8 Å². The highest BCUT2D eigenvalue weighted by Gasteiger charge is 2.18. The van der Waals surface area contributed by atoms with E-state index in [4.69, 9.17) is 0 Å². The van der Waals surface area contributed by atoms with E-state index in [9.17, 15) is 9.90 Å². The van der Waals surface area contributed by atoms with Crippen molar-refractivity contribution in [1.29, 1.82) is 0 Å². The number of rotatable bonds is 3. The molecule has 4 nitrogen and oxygen atoms in total. The zero-order valence-electron chi connectivity index (χ0n) is 8.99. The Hall–Kier alpha value is -0.770. The molecule has 2 N–H and O–H groups in total. The second-order valence-corrected chi connectivity index (χ2v) is 4.19. The van der Waals surface area contributed by atoms with Gasteiger partial charge in [0, 0.05) is 19.6 Å². The van der Waals surface area contributed by atoms with Crippen molar-refractivity contribution in [2.24, 2.45) is 5.92 Å². The normalized spacial score (nSPS) is 18.7. The van der Waals surface area contributed by atoms with E-state index in [1.165, 1.54) is 0 Å². The molecule has 1 aliphatic heterocycles. The first-order valence-electron chi connectivity index (χ1n) is 5.32. The number of aliphatic hydroxyl groups is 1. The van der Waals surface area contributed by atoms with Gasteiger partial charge in [-0.05, 0) is 18.8 Å². The lowest BCUT2D eigenvalue weighted by Crippen LogP contribution is -2.42. The number of nitrogens with zero attached hydrogens (tertiary/aromatic N) is 1. The van der Waals surface area contributed by atoms with E-state index < -0.39 is 6.10 Å². The Morgan fingerprint density at radius 3 is 2.50 bits per heavy atom. The minimum Gasteiger partial charge on any atom is -0.391 e. The molecule has 0 aliphatic carbocycles. The Morgan fingerprint density at radius 1 is 1.43 bits per heavy atom. The summed E-state index contributed by atoms with van der Waals surface area (Å²) in [5.41, 5.74) is 0. The number of amides is 2. The van der Waals surface area contributed by atoms with Crippen molar-refractivity contribution in [3.8, 4) is 0 Å². The number of hydrogen-bond acceptors (Lipinski definition) is 2.